The van der Waals surface area contributed by atoms with Gasteiger partial charge in [-0.2, -0.15) is 0 Å². The lowest BCUT2D eigenvalue weighted by Gasteiger charge is -2.12. The van der Waals surface area contributed by atoms with Gasteiger partial charge in [0.15, 0.2) is 5.13 Å². The predicted molar refractivity (Wildman–Crippen MR) is 119 cm³/mol. The molecule has 3 rings (SSSR count). The molecule has 0 saturated carbocycles. The number of hydrogen-bond acceptors (Lipinski definition) is 6. The molecule has 0 radical (unpaired) electrons. The van der Waals surface area contributed by atoms with Crippen LogP contribution < -0.4 is 14.8 Å². The summed E-state index contributed by atoms with van der Waals surface area (Å²) in [5.41, 5.74) is 4.24. The normalized spacial score (nSPS) is 11.2. The number of nitrogens with zero attached hydrogens (tertiary/aromatic N) is 1. The number of aromatic nitrogens is 1. The molecule has 0 aliphatic rings. The molecule has 3 aromatic rings. The zero-order valence-corrected chi connectivity index (χ0v) is 19.0. The number of rotatable bonds is 6. The summed E-state index contributed by atoms with van der Waals surface area (Å²) in [4.78, 5) is 17.5. The Morgan fingerprint density at radius 2 is 1.63 bits per heavy atom. The number of carbonyl (C=O) groups excluding carboxylic acids is 1. The highest BCUT2D eigenvalue weighted by Gasteiger charge is 2.21. The van der Waals surface area contributed by atoms with Crippen molar-refractivity contribution in [3.8, 4) is 5.75 Å². The maximum atomic E-state index is 12.8. The van der Waals surface area contributed by atoms with E-state index >= 15 is 0 Å². The van der Waals surface area contributed by atoms with Crippen molar-refractivity contribution < 1.29 is 17.9 Å². The fourth-order valence-electron chi connectivity index (χ4n) is 3.13. The van der Waals surface area contributed by atoms with Gasteiger partial charge in [-0.05, 0) is 63.1 Å². The van der Waals surface area contributed by atoms with Gasteiger partial charge >= 0.3 is 0 Å². The maximum Gasteiger partial charge on any atom is 0.267 e. The third-order valence-electron chi connectivity index (χ3n) is 4.51. The van der Waals surface area contributed by atoms with Gasteiger partial charge in [-0.25, -0.2) is 13.4 Å². The number of benzene rings is 2. The molecule has 0 saturated heterocycles. The second-order valence-corrected chi connectivity index (χ2v) is 9.62. The molecule has 7 nitrogen and oxygen atoms in total. The number of amides is 1. The first-order valence-corrected chi connectivity index (χ1v) is 11.4. The standard InChI is InChI=1S/C21H23N3O4S2/c1-12-10-13(2)18(14(3)11-12)23-20(25)19-15(4)22-21(29-19)24-30(26,27)17-8-6-16(28-5)7-9-17/h6-11H,1-5H3,(H,22,24)(H,23,25). The summed E-state index contributed by atoms with van der Waals surface area (Å²) in [5, 5.41) is 3.05. The van der Waals surface area contributed by atoms with Crippen molar-refractivity contribution in [1.82, 2.24) is 4.98 Å². The third-order valence-corrected chi connectivity index (χ3v) is 7.07. The molecule has 2 N–H and O–H groups in total. The van der Waals surface area contributed by atoms with E-state index < -0.39 is 10.0 Å². The van der Waals surface area contributed by atoms with E-state index in [4.69, 9.17) is 4.74 Å². The SMILES string of the molecule is COc1ccc(S(=O)(=O)Nc2nc(C)c(C(=O)Nc3c(C)cc(C)cc3C)s2)cc1. The van der Waals surface area contributed by atoms with Crippen LogP contribution in [0.15, 0.2) is 41.3 Å². The van der Waals surface area contributed by atoms with E-state index in [9.17, 15) is 13.2 Å². The van der Waals surface area contributed by atoms with E-state index in [0.717, 1.165) is 33.7 Å². The predicted octanol–water partition coefficient (Wildman–Crippen LogP) is 4.44. The smallest absolute Gasteiger partial charge is 0.267 e. The third kappa shape index (κ3) is 4.63. The number of sulfonamides is 1. The summed E-state index contributed by atoms with van der Waals surface area (Å²) in [6.45, 7) is 7.54. The van der Waals surface area contributed by atoms with Crippen LogP contribution in [0.3, 0.4) is 0 Å². The van der Waals surface area contributed by atoms with Crippen LogP contribution in [0.2, 0.25) is 0 Å². The van der Waals surface area contributed by atoms with Crippen LogP contribution in [0.1, 0.15) is 32.1 Å². The van der Waals surface area contributed by atoms with Gasteiger partial charge in [0.05, 0.1) is 17.7 Å². The van der Waals surface area contributed by atoms with Gasteiger partial charge in [0.1, 0.15) is 10.6 Å². The van der Waals surface area contributed by atoms with Crippen molar-refractivity contribution in [2.45, 2.75) is 32.6 Å². The summed E-state index contributed by atoms with van der Waals surface area (Å²) in [5.74, 6) is 0.231. The summed E-state index contributed by atoms with van der Waals surface area (Å²) in [7, 11) is -2.33. The Morgan fingerprint density at radius 1 is 1.03 bits per heavy atom. The van der Waals surface area contributed by atoms with Gasteiger partial charge in [0.25, 0.3) is 15.9 Å². The van der Waals surface area contributed by atoms with Gasteiger partial charge < -0.3 is 10.1 Å². The number of carbonyl (C=O) groups is 1. The Labute approximate surface area is 180 Å². The topological polar surface area (TPSA) is 97.4 Å². The second-order valence-electron chi connectivity index (χ2n) is 6.94. The highest BCUT2D eigenvalue weighted by Crippen LogP contribution is 2.28. The molecule has 1 heterocycles. The molecule has 0 spiro atoms. The van der Waals surface area contributed by atoms with Crippen molar-refractivity contribution in [3.63, 3.8) is 0 Å². The molecular formula is C21H23N3O4S2. The minimum Gasteiger partial charge on any atom is -0.497 e. The maximum absolute atomic E-state index is 12.8. The lowest BCUT2D eigenvalue weighted by molar-refractivity contribution is 0.102. The number of hydrogen-bond donors (Lipinski definition) is 2. The molecule has 0 atom stereocenters. The van der Waals surface area contributed by atoms with Crippen LogP contribution in [-0.4, -0.2) is 26.4 Å². The van der Waals surface area contributed by atoms with E-state index in [1.807, 2.05) is 32.9 Å². The number of anilines is 2. The van der Waals surface area contributed by atoms with Crippen molar-refractivity contribution in [3.05, 3.63) is 63.7 Å². The molecule has 0 bridgehead atoms. The number of thiazole rings is 1. The van der Waals surface area contributed by atoms with Gasteiger partial charge in [-0.1, -0.05) is 29.0 Å². The molecule has 0 fully saturated rings. The molecule has 30 heavy (non-hydrogen) atoms. The molecule has 9 heteroatoms. The summed E-state index contributed by atoms with van der Waals surface area (Å²) >= 11 is 0.993. The first-order valence-electron chi connectivity index (χ1n) is 9.14. The highest BCUT2D eigenvalue weighted by molar-refractivity contribution is 7.93. The van der Waals surface area contributed by atoms with Crippen molar-refractivity contribution in [1.29, 1.82) is 0 Å². The van der Waals surface area contributed by atoms with Gasteiger partial charge in [-0.3, -0.25) is 9.52 Å². The van der Waals surface area contributed by atoms with E-state index in [1.165, 1.54) is 19.2 Å². The van der Waals surface area contributed by atoms with E-state index in [-0.39, 0.29) is 15.9 Å². The zero-order valence-electron chi connectivity index (χ0n) is 17.4. The summed E-state index contributed by atoms with van der Waals surface area (Å²) in [6.07, 6.45) is 0. The highest BCUT2D eigenvalue weighted by atomic mass is 32.2. The van der Waals surface area contributed by atoms with Crippen LogP contribution in [0.5, 0.6) is 5.75 Å². The monoisotopic (exact) mass is 445 g/mol. The molecule has 158 valence electrons. The van der Waals surface area contributed by atoms with Crippen molar-refractivity contribution >= 4 is 38.1 Å². The van der Waals surface area contributed by atoms with Crippen LogP contribution in [0, 0.1) is 27.7 Å². The Morgan fingerprint density at radius 3 is 2.20 bits per heavy atom. The van der Waals surface area contributed by atoms with Gasteiger partial charge in [0.2, 0.25) is 0 Å². The molecule has 1 amide bonds. The van der Waals surface area contributed by atoms with Crippen LogP contribution in [-0.2, 0) is 10.0 Å². The molecular weight excluding hydrogens is 422 g/mol. The van der Waals surface area contributed by atoms with Crippen LogP contribution in [0.4, 0.5) is 10.8 Å². The van der Waals surface area contributed by atoms with E-state index in [1.54, 1.807) is 19.1 Å². The van der Waals surface area contributed by atoms with Crippen LogP contribution in [0.25, 0.3) is 0 Å². The largest absolute Gasteiger partial charge is 0.497 e. The Bertz CT molecular complexity index is 1180. The number of ether oxygens (including phenoxy) is 1. The average molecular weight is 446 g/mol. The second kappa shape index (κ2) is 8.45. The minimum atomic E-state index is -3.83. The van der Waals surface area contributed by atoms with Gasteiger partial charge in [-0.15, -0.1) is 0 Å². The van der Waals surface area contributed by atoms with Crippen LogP contribution >= 0.6 is 11.3 Å². The summed E-state index contributed by atoms with van der Waals surface area (Å²) in [6, 6.07) is 10.0. The number of nitrogens with one attached hydrogen (secondary N) is 2. The van der Waals surface area contributed by atoms with Crippen molar-refractivity contribution in [2.24, 2.45) is 0 Å². The molecule has 0 aliphatic carbocycles. The summed E-state index contributed by atoms with van der Waals surface area (Å²) < 4.78 is 32.7. The Hall–Kier alpha value is -2.91. The van der Waals surface area contributed by atoms with E-state index in [0.29, 0.717) is 16.3 Å². The molecule has 0 aliphatic heterocycles. The zero-order chi connectivity index (χ0) is 22.1. The quantitative estimate of drug-likeness (QED) is 0.585. The minimum absolute atomic E-state index is 0.0769. The fraction of sp³-hybridized carbons (Fsp3) is 0.238. The Kier molecular flexibility index (Phi) is 6.14. The van der Waals surface area contributed by atoms with E-state index in [2.05, 4.69) is 15.0 Å². The lowest BCUT2D eigenvalue weighted by atomic mass is 10.1. The molecule has 2 aromatic carbocycles. The van der Waals surface area contributed by atoms with Crippen molar-refractivity contribution in [2.75, 3.05) is 17.1 Å². The lowest BCUT2D eigenvalue weighted by Crippen LogP contribution is -2.13. The first kappa shape index (κ1) is 21.8. The molecule has 0 unspecified atom stereocenters. The number of aryl methyl sites for hydroxylation is 4. The fourth-order valence-corrected chi connectivity index (χ4v) is 5.22. The Balaban J connectivity index is 1.82. The average Bonchev–Trinajstić information content (AvgIpc) is 3.04. The number of methoxy groups -OCH3 is 1. The molecule has 1 aromatic heterocycles. The first-order chi connectivity index (χ1) is 14.1. The van der Waals surface area contributed by atoms with Gasteiger partial charge in [0, 0.05) is 5.69 Å².